The second-order valence-electron chi connectivity index (χ2n) is 4.93. The van der Waals surface area contributed by atoms with Crippen LogP contribution in [0.15, 0.2) is 28.7 Å². The van der Waals surface area contributed by atoms with Crippen molar-refractivity contribution in [1.82, 2.24) is 9.97 Å². The highest BCUT2D eigenvalue weighted by molar-refractivity contribution is 9.10. The van der Waals surface area contributed by atoms with Crippen molar-refractivity contribution < 1.29 is 0 Å². The minimum absolute atomic E-state index is 0.657. The summed E-state index contributed by atoms with van der Waals surface area (Å²) in [7, 11) is 0. The average molecular weight is 318 g/mol. The molecule has 0 atom stereocenters. The first-order chi connectivity index (χ1) is 9.24. The number of nitrogens with zero attached hydrogens (tertiary/aromatic N) is 2. The number of benzene rings is 1. The number of aryl methyl sites for hydroxylation is 1. The number of anilines is 1. The van der Waals surface area contributed by atoms with Crippen molar-refractivity contribution in [3.63, 3.8) is 0 Å². The third kappa shape index (κ3) is 2.63. The molecule has 0 saturated heterocycles. The van der Waals surface area contributed by atoms with Crippen LogP contribution in [-0.4, -0.2) is 9.97 Å². The summed E-state index contributed by atoms with van der Waals surface area (Å²) in [5.74, 6) is 1.40. The molecule has 2 N–H and O–H groups in total. The molecule has 1 heterocycles. The predicted molar refractivity (Wildman–Crippen MR) is 80.8 cm³/mol. The van der Waals surface area contributed by atoms with Gasteiger partial charge in [0.05, 0.1) is 0 Å². The highest BCUT2D eigenvalue weighted by atomic mass is 79.9. The van der Waals surface area contributed by atoms with E-state index in [0.29, 0.717) is 5.82 Å². The van der Waals surface area contributed by atoms with E-state index >= 15 is 0 Å². The summed E-state index contributed by atoms with van der Waals surface area (Å²) in [5.41, 5.74) is 9.44. The molecule has 4 heteroatoms. The molecule has 0 unspecified atom stereocenters. The van der Waals surface area contributed by atoms with E-state index < -0.39 is 0 Å². The van der Waals surface area contributed by atoms with Crippen LogP contribution in [0.3, 0.4) is 0 Å². The molecule has 0 amide bonds. The molecule has 98 valence electrons. The quantitative estimate of drug-likeness (QED) is 0.815. The van der Waals surface area contributed by atoms with Gasteiger partial charge in [-0.2, -0.15) is 0 Å². The molecule has 1 aliphatic rings. The van der Waals surface area contributed by atoms with Crippen molar-refractivity contribution in [3.8, 4) is 11.4 Å². The summed E-state index contributed by atoms with van der Waals surface area (Å²) < 4.78 is 1.05. The van der Waals surface area contributed by atoms with Crippen molar-refractivity contribution in [2.75, 3.05) is 5.73 Å². The van der Waals surface area contributed by atoms with Gasteiger partial charge in [-0.05, 0) is 37.8 Å². The van der Waals surface area contributed by atoms with E-state index in [1.54, 1.807) is 0 Å². The van der Waals surface area contributed by atoms with Gasteiger partial charge in [0, 0.05) is 21.3 Å². The second kappa shape index (κ2) is 5.29. The molecule has 1 aromatic heterocycles. The Balaban J connectivity index is 2.06. The lowest BCUT2D eigenvalue weighted by atomic mass is 10.1. The summed E-state index contributed by atoms with van der Waals surface area (Å²) >= 11 is 3.44. The van der Waals surface area contributed by atoms with Gasteiger partial charge in [0.15, 0.2) is 5.82 Å². The maximum absolute atomic E-state index is 6.12. The molecular formula is C15H16BrN3. The van der Waals surface area contributed by atoms with Crippen LogP contribution in [0, 0.1) is 0 Å². The van der Waals surface area contributed by atoms with Gasteiger partial charge in [-0.15, -0.1) is 0 Å². The summed E-state index contributed by atoms with van der Waals surface area (Å²) in [5, 5.41) is 0. The fraction of sp³-hybridized carbons (Fsp3) is 0.333. The van der Waals surface area contributed by atoms with Crippen LogP contribution in [0.5, 0.6) is 0 Å². The fourth-order valence-electron chi connectivity index (χ4n) is 2.53. The zero-order chi connectivity index (χ0) is 13.2. The van der Waals surface area contributed by atoms with E-state index in [-0.39, 0.29) is 0 Å². The standard InChI is InChI=1S/C15H16BrN3/c16-11-8-6-10(7-9-11)15-18-13-5-3-1-2-4-12(13)14(17)19-15/h6-9H,1-5H2,(H2,17,18,19). The molecular weight excluding hydrogens is 302 g/mol. The number of rotatable bonds is 1. The molecule has 19 heavy (non-hydrogen) atoms. The van der Waals surface area contributed by atoms with Crippen molar-refractivity contribution in [2.24, 2.45) is 0 Å². The topological polar surface area (TPSA) is 51.8 Å². The smallest absolute Gasteiger partial charge is 0.161 e. The lowest BCUT2D eigenvalue weighted by Crippen LogP contribution is -2.06. The number of nitrogen functional groups attached to an aromatic ring is 1. The molecule has 0 spiro atoms. The van der Waals surface area contributed by atoms with Crippen LogP contribution in [0.2, 0.25) is 0 Å². The first-order valence-electron chi connectivity index (χ1n) is 6.65. The van der Waals surface area contributed by atoms with Gasteiger partial charge in [0.25, 0.3) is 0 Å². The Morgan fingerprint density at radius 1 is 0.947 bits per heavy atom. The van der Waals surface area contributed by atoms with Gasteiger partial charge in [-0.3, -0.25) is 0 Å². The number of aromatic nitrogens is 2. The van der Waals surface area contributed by atoms with Crippen molar-refractivity contribution in [2.45, 2.75) is 32.1 Å². The molecule has 2 aromatic rings. The van der Waals surface area contributed by atoms with Crippen LogP contribution in [0.4, 0.5) is 5.82 Å². The molecule has 3 rings (SSSR count). The van der Waals surface area contributed by atoms with Gasteiger partial charge in [-0.25, -0.2) is 9.97 Å². The summed E-state index contributed by atoms with van der Waals surface area (Å²) in [4.78, 5) is 9.21. The normalized spacial score (nSPS) is 14.8. The van der Waals surface area contributed by atoms with E-state index in [4.69, 9.17) is 10.7 Å². The van der Waals surface area contributed by atoms with Crippen LogP contribution >= 0.6 is 15.9 Å². The van der Waals surface area contributed by atoms with Crippen molar-refractivity contribution in [3.05, 3.63) is 40.0 Å². The van der Waals surface area contributed by atoms with Crippen LogP contribution in [-0.2, 0) is 12.8 Å². The molecule has 0 saturated carbocycles. The number of fused-ring (bicyclic) bond motifs is 1. The van der Waals surface area contributed by atoms with Gasteiger partial charge in [0.1, 0.15) is 5.82 Å². The zero-order valence-corrected chi connectivity index (χ0v) is 12.3. The molecule has 0 radical (unpaired) electrons. The van der Waals surface area contributed by atoms with Gasteiger partial charge in [-0.1, -0.05) is 34.5 Å². The number of hydrogen-bond donors (Lipinski definition) is 1. The Hall–Kier alpha value is -1.42. The highest BCUT2D eigenvalue weighted by Crippen LogP contribution is 2.26. The molecule has 0 fully saturated rings. The Morgan fingerprint density at radius 3 is 2.47 bits per heavy atom. The zero-order valence-electron chi connectivity index (χ0n) is 10.7. The predicted octanol–water partition coefficient (Wildman–Crippen LogP) is 3.76. The Morgan fingerprint density at radius 2 is 1.68 bits per heavy atom. The molecule has 1 aliphatic carbocycles. The summed E-state index contributed by atoms with van der Waals surface area (Å²) in [6, 6.07) is 8.03. The van der Waals surface area contributed by atoms with Crippen molar-refractivity contribution >= 4 is 21.7 Å². The maximum atomic E-state index is 6.12. The minimum atomic E-state index is 0.657. The van der Waals surface area contributed by atoms with E-state index in [9.17, 15) is 0 Å². The van der Waals surface area contributed by atoms with E-state index in [2.05, 4.69) is 20.9 Å². The third-order valence-electron chi connectivity index (χ3n) is 3.57. The van der Waals surface area contributed by atoms with Gasteiger partial charge < -0.3 is 5.73 Å². The van der Waals surface area contributed by atoms with E-state index in [1.165, 1.54) is 24.8 Å². The van der Waals surface area contributed by atoms with Crippen molar-refractivity contribution in [1.29, 1.82) is 0 Å². The third-order valence-corrected chi connectivity index (χ3v) is 4.10. The minimum Gasteiger partial charge on any atom is -0.383 e. The van der Waals surface area contributed by atoms with E-state index in [1.807, 2.05) is 24.3 Å². The first kappa shape index (κ1) is 12.6. The summed E-state index contributed by atoms with van der Waals surface area (Å²) in [6.45, 7) is 0. The van der Waals surface area contributed by atoms with Crippen LogP contribution < -0.4 is 5.73 Å². The number of halogens is 1. The Kier molecular flexibility index (Phi) is 3.51. The molecule has 3 nitrogen and oxygen atoms in total. The number of hydrogen-bond acceptors (Lipinski definition) is 3. The second-order valence-corrected chi connectivity index (χ2v) is 5.84. The Labute approximate surface area is 121 Å². The molecule has 1 aromatic carbocycles. The average Bonchev–Trinajstić information content (AvgIpc) is 2.65. The SMILES string of the molecule is Nc1nc(-c2ccc(Br)cc2)nc2c1CCCCC2. The summed E-state index contributed by atoms with van der Waals surface area (Å²) in [6.07, 6.45) is 5.68. The monoisotopic (exact) mass is 317 g/mol. The Bertz CT molecular complexity index is 593. The number of nitrogens with two attached hydrogens (primary N) is 1. The molecule has 0 bridgehead atoms. The lowest BCUT2D eigenvalue weighted by Gasteiger charge is -2.10. The van der Waals surface area contributed by atoms with Crippen LogP contribution in [0.1, 0.15) is 30.5 Å². The largest absolute Gasteiger partial charge is 0.383 e. The fourth-order valence-corrected chi connectivity index (χ4v) is 2.79. The van der Waals surface area contributed by atoms with Gasteiger partial charge >= 0.3 is 0 Å². The van der Waals surface area contributed by atoms with Crippen LogP contribution in [0.25, 0.3) is 11.4 Å². The molecule has 0 aliphatic heterocycles. The first-order valence-corrected chi connectivity index (χ1v) is 7.44. The van der Waals surface area contributed by atoms with E-state index in [0.717, 1.165) is 34.4 Å². The lowest BCUT2D eigenvalue weighted by molar-refractivity contribution is 0.709. The maximum Gasteiger partial charge on any atom is 0.161 e. The van der Waals surface area contributed by atoms with Gasteiger partial charge in [0.2, 0.25) is 0 Å². The highest BCUT2D eigenvalue weighted by Gasteiger charge is 2.15.